The van der Waals surface area contributed by atoms with E-state index in [9.17, 15) is 19.5 Å². The highest BCUT2D eigenvalue weighted by Gasteiger charge is 2.31. The summed E-state index contributed by atoms with van der Waals surface area (Å²) >= 11 is 0. The van der Waals surface area contributed by atoms with Crippen molar-refractivity contribution in [2.75, 3.05) is 41.0 Å². The molecule has 0 aromatic heterocycles. The molecule has 0 aliphatic rings. The first-order valence-electron chi connectivity index (χ1n) is 20.7. The van der Waals surface area contributed by atoms with E-state index in [4.69, 9.17) is 14.2 Å². The zero-order chi connectivity index (χ0) is 38.5. The summed E-state index contributed by atoms with van der Waals surface area (Å²) in [5, 5.41) is 9.59. The van der Waals surface area contributed by atoms with Gasteiger partial charge in [0.2, 0.25) is 0 Å². The van der Waals surface area contributed by atoms with Gasteiger partial charge in [-0.3, -0.25) is 9.59 Å². The fourth-order valence-electron chi connectivity index (χ4n) is 5.69. The van der Waals surface area contributed by atoms with Crippen LogP contribution in [0.5, 0.6) is 0 Å². The van der Waals surface area contributed by atoms with Gasteiger partial charge in [0.15, 0.2) is 12.1 Å². The van der Waals surface area contributed by atoms with Crippen LogP contribution in [0.3, 0.4) is 0 Å². The standard InChI is InChI=1S/C44H77NO7/c1-6-8-10-12-14-16-18-19-20-21-22-23-25-26-28-30-32-34-42(46)51-39-40(38-50-37-36-41(44(48)49)45(3,4)5)52-43(47)35-33-31-29-27-24-17-15-13-11-9-7-2/h13-17,19-20,24,40-41H,6-12,18,21-23,25-39H2,1-5H3/p+1/b15-13+,16-14+,20-19+,24-17+. The van der Waals surface area contributed by atoms with Crippen molar-refractivity contribution in [2.24, 2.45) is 0 Å². The van der Waals surface area contributed by atoms with Crippen LogP contribution in [-0.2, 0) is 28.6 Å². The second-order valence-electron chi connectivity index (χ2n) is 14.9. The molecule has 2 unspecified atom stereocenters. The summed E-state index contributed by atoms with van der Waals surface area (Å²) in [6, 6.07) is -0.620. The zero-order valence-corrected chi connectivity index (χ0v) is 34.0. The van der Waals surface area contributed by atoms with Crippen molar-refractivity contribution in [2.45, 2.75) is 174 Å². The Bertz CT molecular complexity index is 995. The summed E-state index contributed by atoms with van der Waals surface area (Å²) in [5.41, 5.74) is 0. The van der Waals surface area contributed by atoms with Crippen LogP contribution in [0, 0.1) is 0 Å². The number of carboxylic acids is 1. The Balaban J connectivity index is 4.39. The number of likely N-dealkylation sites (N-methyl/N-ethyl adjacent to an activating group) is 1. The molecule has 0 aliphatic heterocycles. The number of carbonyl (C=O) groups excluding carboxylic acids is 2. The molecule has 0 bridgehead atoms. The number of allylic oxidation sites excluding steroid dienone is 8. The number of aliphatic carboxylic acids is 1. The van der Waals surface area contributed by atoms with Crippen molar-refractivity contribution in [1.82, 2.24) is 0 Å². The van der Waals surface area contributed by atoms with E-state index >= 15 is 0 Å². The molecule has 0 amide bonds. The average Bonchev–Trinajstić information content (AvgIpc) is 3.09. The van der Waals surface area contributed by atoms with Crippen molar-refractivity contribution >= 4 is 17.9 Å². The lowest BCUT2D eigenvalue weighted by Gasteiger charge is -2.31. The van der Waals surface area contributed by atoms with Crippen LogP contribution in [0.4, 0.5) is 0 Å². The van der Waals surface area contributed by atoms with Gasteiger partial charge in [-0.2, -0.15) is 0 Å². The molecule has 2 atom stereocenters. The summed E-state index contributed by atoms with van der Waals surface area (Å²) in [5.74, 6) is -1.52. The van der Waals surface area contributed by atoms with Crippen molar-refractivity contribution in [3.63, 3.8) is 0 Å². The number of hydrogen-bond acceptors (Lipinski definition) is 6. The van der Waals surface area contributed by atoms with Gasteiger partial charge in [0, 0.05) is 19.3 Å². The number of carboxylic acid groups (broad SMARTS) is 1. The minimum Gasteiger partial charge on any atom is -0.477 e. The van der Waals surface area contributed by atoms with Gasteiger partial charge in [-0.25, -0.2) is 4.79 Å². The van der Waals surface area contributed by atoms with Crippen LogP contribution in [0.25, 0.3) is 0 Å². The molecule has 0 rings (SSSR count). The maximum atomic E-state index is 12.6. The first-order chi connectivity index (χ1) is 25.1. The van der Waals surface area contributed by atoms with Crippen LogP contribution in [-0.4, -0.2) is 80.6 Å². The topological polar surface area (TPSA) is 99.1 Å². The Morgan fingerprint density at radius 2 is 1.10 bits per heavy atom. The van der Waals surface area contributed by atoms with Crippen molar-refractivity contribution < 1.29 is 38.2 Å². The highest BCUT2D eigenvalue weighted by Crippen LogP contribution is 2.13. The lowest BCUT2D eigenvalue weighted by Crippen LogP contribution is -2.50. The molecule has 0 radical (unpaired) electrons. The first-order valence-corrected chi connectivity index (χ1v) is 20.7. The number of nitrogens with zero attached hydrogens (tertiary/aromatic N) is 1. The first kappa shape index (κ1) is 49.3. The molecule has 0 saturated heterocycles. The predicted octanol–water partition coefficient (Wildman–Crippen LogP) is 10.9. The summed E-state index contributed by atoms with van der Waals surface area (Å²) in [7, 11) is 5.50. The Morgan fingerprint density at radius 1 is 0.596 bits per heavy atom. The van der Waals surface area contributed by atoms with E-state index < -0.39 is 18.1 Å². The summed E-state index contributed by atoms with van der Waals surface area (Å²) in [4.78, 5) is 36.8. The van der Waals surface area contributed by atoms with Crippen LogP contribution < -0.4 is 0 Å². The maximum Gasteiger partial charge on any atom is 0.362 e. The van der Waals surface area contributed by atoms with Gasteiger partial charge >= 0.3 is 17.9 Å². The van der Waals surface area contributed by atoms with E-state index in [2.05, 4.69) is 62.5 Å². The van der Waals surface area contributed by atoms with E-state index in [1.165, 1.54) is 64.2 Å². The van der Waals surface area contributed by atoms with Crippen molar-refractivity contribution in [1.29, 1.82) is 0 Å². The zero-order valence-electron chi connectivity index (χ0n) is 34.0. The van der Waals surface area contributed by atoms with Gasteiger partial charge in [-0.05, 0) is 64.2 Å². The quantitative estimate of drug-likeness (QED) is 0.0225. The van der Waals surface area contributed by atoms with Crippen LogP contribution >= 0.6 is 0 Å². The van der Waals surface area contributed by atoms with E-state index in [0.717, 1.165) is 64.2 Å². The molecule has 52 heavy (non-hydrogen) atoms. The summed E-state index contributed by atoms with van der Waals surface area (Å²) in [6.45, 7) is 4.60. The van der Waals surface area contributed by atoms with Crippen molar-refractivity contribution in [3.05, 3.63) is 48.6 Å². The molecule has 8 heteroatoms. The number of carbonyl (C=O) groups is 3. The minimum atomic E-state index is -0.883. The number of esters is 2. The van der Waals surface area contributed by atoms with E-state index in [1.54, 1.807) is 0 Å². The molecule has 0 aromatic carbocycles. The third-order valence-corrected chi connectivity index (χ3v) is 8.98. The van der Waals surface area contributed by atoms with Crippen LogP contribution in [0.1, 0.15) is 162 Å². The van der Waals surface area contributed by atoms with Crippen LogP contribution in [0.15, 0.2) is 48.6 Å². The molecule has 300 valence electrons. The van der Waals surface area contributed by atoms with Gasteiger partial charge in [0.25, 0.3) is 0 Å². The number of hydrogen-bond donors (Lipinski definition) is 1. The Labute approximate surface area is 318 Å². The van der Waals surface area contributed by atoms with Gasteiger partial charge < -0.3 is 23.8 Å². The molecule has 0 fully saturated rings. The van der Waals surface area contributed by atoms with Gasteiger partial charge in [-0.15, -0.1) is 0 Å². The highest BCUT2D eigenvalue weighted by molar-refractivity contribution is 5.72. The number of rotatable bonds is 36. The summed E-state index contributed by atoms with van der Waals surface area (Å²) < 4.78 is 17.2. The molecular formula is C44H78NO7+. The molecule has 0 aliphatic carbocycles. The largest absolute Gasteiger partial charge is 0.477 e. The maximum absolute atomic E-state index is 12.6. The van der Waals surface area contributed by atoms with Gasteiger partial charge in [-0.1, -0.05) is 127 Å². The minimum absolute atomic E-state index is 0.0467. The second-order valence-corrected chi connectivity index (χ2v) is 14.9. The molecule has 1 N–H and O–H groups in total. The number of quaternary nitrogens is 1. The average molecular weight is 733 g/mol. The predicted molar refractivity (Wildman–Crippen MR) is 215 cm³/mol. The molecule has 0 aromatic rings. The molecule has 0 heterocycles. The Kier molecular flexibility index (Phi) is 33.5. The normalized spacial score (nSPS) is 13.5. The number of unbranched alkanes of at least 4 members (excludes halogenated alkanes) is 15. The Morgan fingerprint density at radius 3 is 1.67 bits per heavy atom. The molecular weight excluding hydrogens is 654 g/mol. The fraction of sp³-hybridized carbons (Fsp3) is 0.750. The second kappa shape index (κ2) is 35.3. The van der Waals surface area contributed by atoms with Crippen LogP contribution in [0.2, 0.25) is 0 Å². The highest BCUT2D eigenvalue weighted by atomic mass is 16.6. The van der Waals surface area contributed by atoms with Gasteiger partial charge in [0.05, 0.1) is 34.4 Å². The lowest BCUT2D eigenvalue weighted by atomic mass is 10.1. The summed E-state index contributed by atoms with van der Waals surface area (Å²) in [6.07, 6.45) is 40.1. The molecule has 0 spiro atoms. The molecule has 8 nitrogen and oxygen atoms in total. The molecule has 0 saturated carbocycles. The third kappa shape index (κ3) is 33.1. The lowest BCUT2D eigenvalue weighted by molar-refractivity contribution is -0.887. The number of ether oxygens (including phenoxy) is 3. The van der Waals surface area contributed by atoms with E-state index in [0.29, 0.717) is 19.3 Å². The Hall–Kier alpha value is -2.71. The SMILES string of the molecule is CCCC/C=C/C=C/CCCCCC(=O)OC(COCCC(C(=O)O)[N+](C)(C)C)COC(=O)CCCCCCCCC/C=C/C/C=C/CCCCC. The van der Waals surface area contributed by atoms with Gasteiger partial charge in [0.1, 0.15) is 6.61 Å². The monoisotopic (exact) mass is 733 g/mol. The smallest absolute Gasteiger partial charge is 0.362 e. The van der Waals surface area contributed by atoms with E-state index in [-0.39, 0.29) is 36.2 Å². The van der Waals surface area contributed by atoms with E-state index in [1.807, 2.05) is 21.1 Å². The fourth-order valence-corrected chi connectivity index (χ4v) is 5.69. The van der Waals surface area contributed by atoms with Crippen molar-refractivity contribution in [3.8, 4) is 0 Å². The third-order valence-electron chi connectivity index (χ3n) is 8.98.